The zero-order chi connectivity index (χ0) is 31.5. The minimum Gasteiger partial charge on any atom is -0.481 e. The maximum atomic E-state index is 13.5. The number of piperazine rings is 1. The number of rotatable bonds is 11. The molecule has 1 atom stereocenters. The quantitative estimate of drug-likeness (QED) is 0.298. The molecule has 230 valence electrons. The number of carbonyl (C=O) groups is 5. The molecular weight excluding hydrogens is 568 g/mol. The number of amides is 4. The lowest BCUT2D eigenvalue weighted by Gasteiger charge is -2.35. The lowest BCUT2D eigenvalue weighted by atomic mass is 10.1. The minimum atomic E-state index is -1.17. The SMILES string of the molecule is CCOC(=O)N1CCN(C(=O)[C@H](CCC(=O)O)NC(=O)c2cc(NC(=O)Cc3ccccc3)nc(-c3ccccc3)n2)CC1. The molecule has 1 saturated heterocycles. The van der Waals surface area contributed by atoms with Gasteiger partial charge in [-0.2, -0.15) is 0 Å². The summed E-state index contributed by atoms with van der Waals surface area (Å²) in [6.07, 6.45) is -0.906. The Kier molecular flexibility index (Phi) is 10.9. The van der Waals surface area contributed by atoms with Gasteiger partial charge in [0, 0.05) is 44.2 Å². The molecule has 2 aromatic carbocycles. The zero-order valence-corrected chi connectivity index (χ0v) is 24.3. The maximum absolute atomic E-state index is 13.5. The topological polar surface area (TPSA) is 171 Å². The van der Waals surface area contributed by atoms with E-state index in [1.54, 1.807) is 31.2 Å². The Balaban J connectivity index is 1.53. The molecule has 0 saturated carbocycles. The molecule has 4 rings (SSSR count). The van der Waals surface area contributed by atoms with Crippen molar-refractivity contribution in [2.24, 2.45) is 0 Å². The van der Waals surface area contributed by atoms with Gasteiger partial charge in [-0.15, -0.1) is 0 Å². The van der Waals surface area contributed by atoms with E-state index in [9.17, 15) is 29.1 Å². The van der Waals surface area contributed by atoms with E-state index in [0.717, 1.165) is 5.56 Å². The number of nitrogens with zero attached hydrogens (tertiary/aromatic N) is 4. The van der Waals surface area contributed by atoms with Crippen molar-refractivity contribution in [1.82, 2.24) is 25.1 Å². The first-order chi connectivity index (χ1) is 21.2. The lowest BCUT2D eigenvalue weighted by Crippen LogP contribution is -2.56. The standard InChI is InChI=1S/C31H34N6O7/c1-2-44-31(43)37-17-15-36(16-18-37)30(42)23(13-14-27(39)40)33-29(41)24-20-25(34-26(38)19-21-9-5-3-6-10-21)35-28(32-24)22-11-7-4-8-12-22/h3-12,20,23H,2,13-19H2,1H3,(H,33,41)(H,39,40)(H,32,34,35,38)/t23-/m0/s1. The number of carbonyl (C=O) groups excluding carboxylic acids is 4. The summed E-state index contributed by atoms with van der Waals surface area (Å²) in [6, 6.07) is 18.1. The summed E-state index contributed by atoms with van der Waals surface area (Å²) in [4.78, 5) is 74.9. The molecule has 0 bridgehead atoms. The monoisotopic (exact) mass is 602 g/mol. The minimum absolute atomic E-state index is 0.0856. The van der Waals surface area contributed by atoms with Crippen LogP contribution in [0.3, 0.4) is 0 Å². The van der Waals surface area contributed by atoms with E-state index in [0.29, 0.717) is 5.56 Å². The summed E-state index contributed by atoms with van der Waals surface area (Å²) < 4.78 is 5.02. The Morgan fingerprint density at radius 3 is 2.18 bits per heavy atom. The first kappa shape index (κ1) is 31.6. The number of carboxylic acid groups (broad SMARTS) is 1. The molecule has 44 heavy (non-hydrogen) atoms. The molecule has 1 aromatic heterocycles. The molecule has 0 radical (unpaired) electrons. The van der Waals surface area contributed by atoms with Crippen molar-refractivity contribution in [3.05, 3.63) is 78.0 Å². The van der Waals surface area contributed by atoms with E-state index >= 15 is 0 Å². The fourth-order valence-electron chi connectivity index (χ4n) is 4.61. The Hall–Kier alpha value is -5.33. The molecule has 3 aromatic rings. The Morgan fingerprint density at radius 1 is 0.909 bits per heavy atom. The summed E-state index contributed by atoms with van der Waals surface area (Å²) >= 11 is 0. The van der Waals surface area contributed by atoms with Crippen molar-refractivity contribution in [3.63, 3.8) is 0 Å². The highest BCUT2D eigenvalue weighted by Crippen LogP contribution is 2.19. The van der Waals surface area contributed by atoms with E-state index < -0.39 is 29.9 Å². The second-order valence-electron chi connectivity index (χ2n) is 10.0. The number of aromatic nitrogens is 2. The molecule has 1 aliphatic rings. The summed E-state index contributed by atoms with van der Waals surface area (Å²) in [5.74, 6) is -2.42. The van der Waals surface area contributed by atoms with Crippen molar-refractivity contribution < 1.29 is 33.8 Å². The number of hydrogen-bond donors (Lipinski definition) is 3. The molecule has 0 unspecified atom stereocenters. The molecule has 13 heteroatoms. The van der Waals surface area contributed by atoms with Gasteiger partial charge in [0.1, 0.15) is 17.6 Å². The van der Waals surface area contributed by atoms with Gasteiger partial charge in [0.25, 0.3) is 5.91 Å². The van der Waals surface area contributed by atoms with Crippen LogP contribution in [-0.4, -0.2) is 93.5 Å². The third-order valence-corrected chi connectivity index (χ3v) is 6.83. The maximum Gasteiger partial charge on any atom is 0.409 e. The molecule has 4 amide bonds. The fraction of sp³-hybridized carbons (Fsp3) is 0.323. The number of ether oxygens (including phenoxy) is 1. The molecule has 1 aliphatic heterocycles. The van der Waals surface area contributed by atoms with E-state index in [-0.39, 0.29) is 75.3 Å². The van der Waals surface area contributed by atoms with E-state index in [2.05, 4.69) is 20.6 Å². The van der Waals surface area contributed by atoms with Gasteiger partial charge < -0.3 is 30.3 Å². The van der Waals surface area contributed by atoms with Gasteiger partial charge >= 0.3 is 12.1 Å². The molecular formula is C31H34N6O7. The summed E-state index contributed by atoms with van der Waals surface area (Å²) in [6.45, 7) is 2.80. The highest BCUT2D eigenvalue weighted by Gasteiger charge is 2.31. The number of aliphatic carboxylic acids is 1. The van der Waals surface area contributed by atoms with Crippen LogP contribution in [0.5, 0.6) is 0 Å². The van der Waals surface area contributed by atoms with Gasteiger partial charge in [-0.1, -0.05) is 60.7 Å². The number of benzene rings is 2. The van der Waals surface area contributed by atoms with Crippen molar-refractivity contribution in [2.75, 3.05) is 38.1 Å². The van der Waals surface area contributed by atoms with E-state index in [4.69, 9.17) is 4.74 Å². The van der Waals surface area contributed by atoms with Gasteiger partial charge in [0.2, 0.25) is 11.8 Å². The number of anilines is 1. The van der Waals surface area contributed by atoms with Crippen LogP contribution in [0.25, 0.3) is 11.4 Å². The highest BCUT2D eigenvalue weighted by atomic mass is 16.6. The first-order valence-corrected chi connectivity index (χ1v) is 14.2. The van der Waals surface area contributed by atoms with Crippen molar-refractivity contribution >= 4 is 35.6 Å². The smallest absolute Gasteiger partial charge is 0.409 e. The molecule has 2 heterocycles. The third-order valence-electron chi connectivity index (χ3n) is 6.83. The van der Waals surface area contributed by atoms with Gasteiger partial charge in [-0.25, -0.2) is 14.8 Å². The Labute approximate surface area is 254 Å². The van der Waals surface area contributed by atoms with Gasteiger partial charge in [0.15, 0.2) is 5.82 Å². The van der Waals surface area contributed by atoms with Crippen LogP contribution in [0.15, 0.2) is 66.7 Å². The van der Waals surface area contributed by atoms with Crippen LogP contribution in [0, 0.1) is 0 Å². The second-order valence-corrected chi connectivity index (χ2v) is 10.0. The number of hydrogen-bond acceptors (Lipinski definition) is 8. The van der Waals surface area contributed by atoms with E-state index in [1.807, 2.05) is 36.4 Å². The Bertz CT molecular complexity index is 1480. The van der Waals surface area contributed by atoms with Crippen molar-refractivity contribution in [1.29, 1.82) is 0 Å². The average Bonchev–Trinajstić information content (AvgIpc) is 3.03. The molecule has 0 spiro atoms. The van der Waals surface area contributed by atoms with Crippen molar-refractivity contribution in [2.45, 2.75) is 32.2 Å². The van der Waals surface area contributed by atoms with Crippen LogP contribution in [-0.2, 0) is 25.5 Å². The average molecular weight is 603 g/mol. The fourth-order valence-corrected chi connectivity index (χ4v) is 4.61. The highest BCUT2D eigenvalue weighted by molar-refractivity contribution is 5.98. The zero-order valence-electron chi connectivity index (χ0n) is 24.3. The molecule has 0 aliphatic carbocycles. The van der Waals surface area contributed by atoms with Crippen LogP contribution in [0.1, 0.15) is 35.8 Å². The van der Waals surface area contributed by atoms with Crippen molar-refractivity contribution in [3.8, 4) is 11.4 Å². The van der Waals surface area contributed by atoms with Crippen LogP contribution < -0.4 is 10.6 Å². The third kappa shape index (κ3) is 8.84. The van der Waals surface area contributed by atoms with E-state index in [1.165, 1.54) is 15.9 Å². The molecule has 1 fully saturated rings. The van der Waals surface area contributed by atoms with Crippen LogP contribution >= 0.6 is 0 Å². The molecule has 13 nitrogen and oxygen atoms in total. The van der Waals surface area contributed by atoms with Crippen LogP contribution in [0.2, 0.25) is 0 Å². The first-order valence-electron chi connectivity index (χ1n) is 14.2. The van der Waals surface area contributed by atoms with Crippen LogP contribution in [0.4, 0.5) is 10.6 Å². The largest absolute Gasteiger partial charge is 0.481 e. The van der Waals surface area contributed by atoms with Gasteiger partial charge in [0.05, 0.1) is 13.0 Å². The van der Waals surface area contributed by atoms with Gasteiger partial charge in [-0.3, -0.25) is 19.2 Å². The second kappa shape index (κ2) is 15.2. The lowest BCUT2D eigenvalue weighted by molar-refractivity contribution is -0.138. The number of carboxylic acids is 1. The number of nitrogens with one attached hydrogen (secondary N) is 2. The Morgan fingerprint density at radius 2 is 1.55 bits per heavy atom. The predicted molar refractivity (Wildman–Crippen MR) is 160 cm³/mol. The normalized spacial score (nSPS) is 13.5. The summed E-state index contributed by atoms with van der Waals surface area (Å²) in [5, 5.41) is 14.6. The summed E-state index contributed by atoms with van der Waals surface area (Å²) in [5.41, 5.74) is 1.27. The predicted octanol–water partition coefficient (Wildman–Crippen LogP) is 2.59. The van der Waals surface area contributed by atoms with Gasteiger partial charge in [-0.05, 0) is 18.9 Å². The summed E-state index contributed by atoms with van der Waals surface area (Å²) in [7, 11) is 0. The molecule has 3 N–H and O–H groups in total.